The Morgan fingerprint density at radius 3 is 2.50 bits per heavy atom. The van der Waals surface area contributed by atoms with E-state index in [1.807, 2.05) is 18.2 Å². The summed E-state index contributed by atoms with van der Waals surface area (Å²) < 4.78 is 5.66. The van der Waals surface area contributed by atoms with E-state index in [2.05, 4.69) is 38.7 Å². The van der Waals surface area contributed by atoms with Gasteiger partial charge in [-0.2, -0.15) is 0 Å². The van der Waals surface area contributed by atoms with Crippen molar-refractivity contribution >= 4 is 29.1 Å². The van der Waals surface area contributed by atoms with E-state index in [1.165, 1.54) is 0 Å². The molecule has 2 heterocycles. The highest BCUT2D eigenvalue weighted by atomic mass is 35.5. The molecule has 3 rings (SSSR count). The van der Waals surface area contributed by atoms with Gasteiger partial charge in [-0.25, -0.2) is 4.79 Å². The van der Waals surface area contributed by atoms with Gasteiger partial charge in [0.05, 0.1) is 5.69 Å². The van der Waals surface area contributed by atoms with E-state index in [1.54, 1.807) is 11.8 Å². The van der Waals surface area contributed by atoms with Gasteiger partial charge in [0, 0.05) is 33.9 Å². The Morgan fingerprint density at radius 1 is 1.17 bits per heavy atom. The lowest BCUT2D eigenvalue weighted by Crippen LogP contribution is -2.38. The van der Waals surface area contributed by atoms with Crippen molar-refractivity contribution in [3.05, 3.63) is 45.3 Å². The first-order chi connectivity index (χ1) is 11.4. The van der Waals surface area contributed by atoms with Crippen LogP contribution in [0.2, 0.25) is 5.02 Å². The monoisotopic (exact) mass is 363 g/mol. The van der Waals surface area contributed by atoms with Gasteiger partial charge in [0.2, 0.25) is 0 Å². The Kier molecular flexibility index (Phi) is 4.97. The number of fused-ring (bicyclic) bond motifs is 3. The first-order valence-corrected chi connectivity index (χ1v) is 9.64. The van der Waals surface area contributed by atoms with Crippen LogP contribution in [0.3, 0.4) is 0 Å². The normalized spacial score (nSPS) is 13.6. The summed E-state index contributed by atoms with van der Waals surface area (Å²) in [5, 5.41) is 0.195. The highest BCUT2D eigenvalue weighted by Gasteiger charge is 2.29. The summed E-state index contributed by atoms with van der Waals surface area (Å²) in [5.41, 5.74) is 2.40. The third-order valence-corrected chi connectivity index (χ3v) is 5.66. The fourth-order valence-corrected chi connectivity index (χ4v) is 4.68. The van der Waals surface area contributed by atoms with Gasteiger partial charge < -0.3 is 9.32 Å². The predicted molar refractivity (Wildman–Crippen MR) is 103 cm³/mol. The van der Waals surface area contributed by atoms with Gasteiger partial charge in [-0.1, -0.05) is 29.8 Å². The predicted octanol–water partition coefficient (Wildman–Crippen LogP) is 5.23. The van der Waals surface area contributed by atoms with Crippen molar-refractivity contribution in [1.29, 1.82) is 0 Å². The van der Waals surface area contributed by atoms with Crippen LogP contribution >= 0.6 is 23.4 Å². The summed E-state index contributed by atoms with van der Waals surface area (Å²) in [6.07, 6.45) is 0.823. The number of benzene rings is 1. The number of hydrogen-bond donors (Lipinski definition) is 0. The molecule has 5 heteroatoms. The molecule has 1 aliphatic rings. The lowest BCUT2D eigenvalue weighted by Gasteiger charge is -2.35. The molecule has 3 nitrogen and oxygen atoms in total. The molecular weight excluding hydrogens is 342 g/mol. The van der Waals surface area contributed by atoms with E-state index in [4.69, 9.17) is 16.0 Å². The van der Waals surface area contributed by atoms with Crippen LogP contribution in [0, 0.1) is 0 Å². The van der Waals surface area contributed by atoms with Gasteiger partial charge in [-0.15, -0.1) is 11.8 Å². The zero-order valence-electron chi connectivity index (χ0n) is 14.4. The summed E-state index contributed by atoms with van der Waals surface area (Å²) in [6, 6.07) is 8.55. The zero-order valence-corrected chi connectivity index (χ0v) is 16.0. The van der Waals surface area contributed by atoms with Crippen LogP contribution in [0.1, 0.15) is 33.3 Å². The number of hydrogen-bond acceptors (Lipinski definition) is 4. The maximum Gasteiger partial charge on any atom is 0.357 e. The topological polar surface area (TPSA) is 33.5 Å². The Balaban J connectivity index is 2.34. The third-order valence-electron chi connectivity index (χ3n) is 4.25. The Labute approximate surface area is 152 Å². The molecule has 0 saturated carbocycles. The van der Waals surface area contributed by atoms with Crippen LogP contribution < -0.4 is 10.5 Å². The molecule has 0 fully saturated rings. The molecule has 0 bridgehead atoms. The van der Waals surface area contributed by atoms with E-state index < -0.39 is 5.63 Å². The fraction of sp³-hybridized carbons (Fsp3) is 0.421. The van der Waals surface area contributed by atoms with Crippen LogP contribution in [0.25, 0.3) is 11.3 Å². The molecule has 1 aliphatic heterocycles. The second kappa shape index (κ2) is 6.85. The number of anilines is 1. The number of halogens is 1. The van der Waals surface area contributed by atoms with Gasteiger partial charge in [0.1, 0.15) is 10.8 Å². The highest BCUT2D eigenvalue weighted by molar-refractivity contribution is 7.99. The molecule has 0 saturated heterocycles. The largest absolute Gasteiger partial charge is 0.421 e. The van der Waals surface area contributed by atoms with Crippen molar-refractivity contribution in [1.82, 2.24) is 0 Å². The summed E-state index contributed by atoms with van der Waals surface area (Å²) in [4.78, 5) is 15.8. The molecule has 24 heavy (non-hydrogen) atoms. The minimum atomic E-state index is -0.460. The zero-order chi connectivity index (χ0) is 17.4. The summed E-state index contributed by atoms with van der Waals surface area (Å²) in [7, 11) is 0. The highest BCUT2D eigenvalue weighted by Crippen LogP contribution is 2.43. The minimum Gasteiger partial charge on any atom is -0.421 e. The second-order valence-corrected chi connectivity index (χ2v) is 8.06. The number of nitrogens with zero attached hydrogens (tertiary/aromatic N) is 1. The number of thioether (sulfide) groups is 1. The van der Waals surface area contributed by atoms with Gasteiger partial charge >= 0.3 is 5.63 Å². The molecule has 128 valence electrons. The quantitative estimate of drug-likeness (QED) is 0.747. The second-order valence-electron chi connectivity index (χ2n) is 6.55. The summed E-state index contributed by atoms with van der Waals surface area (Å²) >= 11 is 8.23. The van der Waals surface area contributed by atoms with E-state index in [0.717, 1.165) is 33.9 Å². The van der Waals surface area contributed by atoms with Crippen LogP contribution in [0.5, 0.6) is 0 Å². The molecule has 0 N–H and O–H groups in total. The minimum absolute atomic E-state index is 0.195. The molecular formula is C19H22ClNO2S. The van der Waals surface area contributed by atoms with Gasteiger partial charge in [-0.05, 0) is 40.2 Å². The van der Waals surface area contributed by atoms with Crippen LogP contribution in [0.4, 0.5) is 5.69 Å². The van der Waals surface area contributed by atoms with E-state index >= 15 is 0 Å². The van der Waals surface area contributed by atoms with Crippen molar-refractivity contribution < 1.29 is 4.42 Å². The first-order valence-electron chi connectivity index (χ1n) is 8.27. The van der Waals surface area contributed by atoms with E-state index in [-0.39, 0.29) is 17.1 Å². The summed E-state index contributed by atoms with van der Waals surface area (Å²) in [6.45, 7) is 8.49. The lowest BCUT2D eigenvalue weighted by atomic mass is 10.0. The van der Waals surface area contributed by atoms with Crippen LogP contribution in [-0.2, 0) is 6.42 Å². The Hall–Kier alpha value is -1.39. The van der Waals surface area contributed by atoms with Crippen molar-refractivity contribution in [2.75, 3.05) is 10.7 Å². The molecule has 0 atom stereocenters. The molecule has 0 spiro atoms. The standard InChI is InChI=1S/C19H22ClNO2S/c1-11(2)21(12(3)4)17-14-9-10-24-15-8-6-5-7-13(15)18(14)23-19(22)16(17)20/h5-8,11-12H,9-10H2,1-4H3. The van der Waals surface area contributed by atoms with Crippen LogP contribution in [-0.4, -0.2) is 17.8 Å². The molecule has 1 aromatic heterocycles. The van der Waals surface area contributed by atoms with Crippen molar-refractivity contribution in [3.63, 3.8) is 0 Å². The SMILES string of the molecule is CC(C)N(c1c2c(oc(=O)c1Cl)-c1ccccc1SCC2)C(C)C. The smallest absolute Gasteiger partial charge is 0.357 e. The van der Waals surface area contributed by atoms with Crippen molar-refractivity contribution in [3.8, 4) is 11.3 Å². The maximum absolute atomic E-state index is 12.5. The summed E-state index contributed by atoms with van der Waals surface area (Å²) in [5.74, 6) is 1.61. The first kappa shape index (κ1) is 17.4. The maximum atomic E-state index is 12.5. The van der Waals surface area contributed by atoms with Gasteiger partial charge in [0.25, 0.3) is 0 Å². The average molecular weight is 364 g/mol. The Bertz CT molecular complexity index is 805. The average Bonchev–Trinajstić information content (AvgIpc) is 2.70. The number of rotatable bonds is 3. The van der Waals surface area contributed by atoms with Crippen molar-refractivity contribution in [2.24, 2.45) is 0 Å². The van der Waals surface area contributed by atoms with Gasteiger partial charge in [-0.3, -0.25) is 0 Å². The molecule has 0 amide bonds. The lowest BCUT2D eigenvalue weighted by molar-refractivity contribution is 0.514. The van der Waals surface area contributed by atoms with E-state index in [0.29, 0.717) is 5.76 Å². The fourth-order valence-electron chi connectivity index (χ4n) is 3.41. The third kappa shape index (κ3) is 2.98. The molecule has 2 aromatic rings. The van der Waals surface area contributed by atoms with Gasteiger partial charge in [0.15, 0.2) is 0 Å². The molecule has 0 unspecified atom stereocenters. The molecule has 0 radical (unpaired) electrons. The van der Waals surface area contributed by atoms with E-state index in [9.17, 15) is 4.79 Å². The van der Waals surface area contributed by atoms with Crippen molar-refractivity contribution in [2.45, 2.75) is 51.1 Å². The molecule has 0 aliphatic carbocycles. The Morgan fingerprint density at radius 2 is 1.83 bits per heavy atom. The molecule has 1 aromatic carbocycles. The van der Waals surface area contributed by atoms with Crippen LogP contribution in [0.15, 0.2) is 38.4 Å².